The normalized spacial score (nSPS) is 16.8. The molecular formula is C16H27N. The Kier molecular flexibility index (Phi) is 5.70. The third kappa shape index (κ3) is 3.57. The van der Waals surface area contributed by atoms with Crippen molar-refractivity contribution in [2.24, 2.45) is 11.8 Å². The summed E-state index contributed by atoms with van der Waals surface area (Å²) in [6.45, 7) is 9.26. The van der Waals surface area contributed by atoms with Crippen LogP contribution in [-0.2, 0) is 0 Å². The van der Waals surface area contributed by atoms with E-state index >= 15 is 0 Å². The second kappa shape index (κ2) is 6.80. The summed E-state index contributed by atoms with van der Waals surface area (Å²) < 4.78 is 0. The highest BCUT2D eigenvalue weighted by Gasteiger charge is 2.28. The van der Waals surface area contributed by atoms with Crippen LogP contribution in [0.4, 0.5) is 0 Å². The van der Waals surface area contributed by atoms with E-state index in [1.807, 2.05) is 0 Å². The van der Waals surface area contributed by atoms with Gasteiger partial charge in [0.05, 0.1) is 0 Å². The van der Waals surface area contributed by atoms with Gasteiger partial charge in [-0.05, 0) is 24.4 Å². The van der Waals surface area contributed by atoms with Crippen molar-refractivity contribution >= 4 is 0 Å². The molecule has 0 saturated carbocycles. The molecule has 0 aromatic heterocycles. The number of hydrogen-bond acceptors (Lipinski definition) is 1. The summed E-state index contributed by atoms with van der Waals surface area (Å²) in [6.07, 6.45) is 1.23. The molecule has 0 saturated heterocycles. The van der Waals surface area contributed by atoms with Crippen molar-refractivity contribution in [2.75, 3.05) is 7.05 Å². The second-order valence-corrected chi connectivity index (χ2v) is 5.38. The first-order valence-electron chi connectivity index (χ1n) is 6.84. The molecule has 0 heterocycles. The average molecular weight is 233 g/mol. The molecule has 3 unspecified atom stereocenters. The highest BCUT2D eigenvalue weighted by molar-refractivity contribution is 5.22. The lowest BCUT2D eigenvalue weighted by molar-refractivity contribution is 0.290. The van der Waals surface area contributed by atoms with Gasteiger partial charge in [0, 0.05) is 12.0 Å². The molecule has 1 nitrogen and oxygen atoms in total. The molecule has 0 aliphatic carbocycles. The van der Waals surface area contributed by atoms with E-state index in [2.05, 4.69) is 70.4 Å². The molecule has 3 atom stereocenters. The van der Waals surface area contributed by atoms with Crippen molar-refractivity contribution < 1.29 is 0 Å². The second-order valence-electron chi connectivity index (χ2n) is 5.38. The van der Waals surface area contributed by atoms with Gasteiger partial charge in [-0.3, -0.25) is 0 Å². The van der Waals surface area contributed by atoms with Crippen molar-refractivity contribution in [1.82, 2.24) is 5.32 Å². The summed E-state index contributed by atoms with van der Waals surface area (Å²) in [5, 5.41) is 3.52. The summed E-state index contributed by atoms with van der Waals surface area (Å²) in [6, 6.07) is 11.5. The Bertz CT molecular complexity index is 305. The van der Waals surface area contributed by atoms with Crippen molar-refractivity contribution in [1.29, 1.82) is 0 Å². The summed E-state index contributed by atoms with van der Waals surface area (Å²) in [5.74, 6) is 1.96. The molecular weight excluding hydrogens is 206 g/mol. The molecule has 0 aliphatic rings. The fraction of sp³-hybridized carbons (Fsp3) is 0.625. The molecule has 1 aromatic carbocycles. The van der Waals surface area contributed by atoms with E-state index in [9.17, 15) is 0 Å². The first-order valence-corrected chi connectivity index (χ1v) is 6.84. The highest BCUT2D eigenvalue weighted by Crippen LogP contribution is 2.33. The zero-order valence-corrected chi connectivity index (χ0v) is 11.9. The molecule has 0 fully saturated rings. The van der Waals surface area contributed by atoms with Crippen LogP contribution in [0.25, 0.3) is 0 Å². The maximum atomic E-state index is 3.52. The fourth-order valence-corrected chi connectivity index (χ4v) is 2.75. The van der Waals surface area contributed by atoms with Crippen LogP contribution in [0.3, 0.4) is 0 Å². The maximum absolute atomic E-state index is 3.52. The van der Waals surface area contributed by atoms with Crippen LogP contribution in [0.15, 0.2) is 30.3 Å². The number of benzene rings is 1. The molecule has 96 valence electrons. The third-order valence-corrected chi connectivity index (χ3v) is 3.88. The van der Waals surface area contributed by atoms with E-state index < -0.39 is 0 Å². The van der Waals surface area contributed by atoms with E-state index in [0.717, 1.165) is 0 Å². The van der Waals surface area contributed by atoms with Crippen LogP contribution >= 0.6 is 0 Å². The van der Waals surface area contributed by atoms with Crippen LogP contribution in [0.2, 0.25) is 0 Å². The molecule has 0 amide bonds. The molecule has 1 heteroatoms. The molecule has 1 aromatic rings. The van der Waals surface area contributed by atoms with Gasteiger partial charge in [-0.2, -0.15) is 0 Å². The smallest absolute Gasteiger partial charge is 0.0158 e. The van der Waals surface area contributed by atoms with E-state index in [1.165, 1.54) is 12.0 Å². The Morgan fingerprint density at radius 1 is 1.06 bits per heavy atom. The monoisotopic (exact) mass is 233 g/mol. The molecule has 17 heavy (non-hydrogen) atoms. The Balaban J connectivity index is 3.03. The predicted molar refractivity (Wildman–Crippen MR) is 76.3 cm³/mol. The van der Waals surface area contributed by atoms with Gasteiger partial charge in [0.2, 0.25) is 0 Å². The van der Waals surface area contributed by atoms with Crippen LogP contribution < -0.4 is 5.32 Å². The van der Waals surface area contributed by atoms with Gasteiger partial charge in [-0.25, -0.2) is 0 Å². The van der Waals surface area contributed by atoms with Gasteiger partial charge in [0.1, 0.15) is 0 Å². The summed E-state index contributed by atoms with van der Waals surface area (Å²) >= 11 is 0. The van der Waals surface area contributed by atoms with Crippen molar-refractivity contribution in [3.05, 3.63) is 35.9 Å². The summed E-state index contributed by atoms with van der Waals surface area (Å²) in [7, 11) is 2.09. The maximum Gasteiger partial charge on any atom is 0.0158 e. The summed E-state index contributed by atoms with van der Waals surface area (Å²) in [5.41, 5.74) is 1.47. The first-order chi connectivity index (χ1) is 8.11. The van der Waals surface area contributed by atoms with Gasteiger partial charge >= 0.3 is 0 Å². The fourth-order valence-electron chi connectivity index (χ4n) is 2.75. The number of nitrogens with one attached hydrogen (secondary N) is 1. The molecule has 1 N–H and O–H groups in total. The lowest BCUT2D eigenvalue weighted by Crippen LogP contribution is -2.39. The zero-order valence-electron chi connectivity index (χ0n) is 11.9. The van der Waals surface area contributed by atoms with Crippen LogP contribution in [0.5, 0.6) is 0 Å². The van der Waals surface area contributed by atoms with E-state index in [1.54, 1.807) is 0 Å². The Labute approximate surface area is 107 Å². The van der Waals surface area contributed by atoms with Gasteiger partial charge in [-0.1, -0.05) is 64.4 Å². The van der Waals surface area contributed by atoms with Crippen molar-refractivity contribution in [2.45, 2.75) is 46.1 Å². The van der Waals surface area contributed by atoms with Crippen molar-refractivity contribution in [3.63, 3.8) is 0 Å². The zero-order chi connectivity index (χ0) is 12.8. The van der Waals surface area contributed by atoms with E-state index in [-0.39, 0.29) is 0 Å². The van der Waals surface area contributed by atoms with E-state index in [0.29, 0.717) is 23.8 Å². The number of rotatable bonds is 6. The minimum absolute atomic E-state index is 0.548. The number of hydrogen-bond donors (Lipinski definition) is 1. The molecule has 0 radical (unpaired) electrons. The molecule has 0 bridgehead atoms. The first kappa shape index (κ1) is 14.2. The Hall–Kier alpha value is -0.820. The van der Waals surface area contributed by atoms with Crippen molar-refractivity contribution in [3.8, 4) is 0 Å². The van der Waals surface area contributed by atoms with Crippen LogP contribution in [-0.4, -0.2) is 13.1 Å². The minimum Gasteiger partial charge on any atom is -0.316 e. The predicted octanol–water partition coefficient (Wildman–Crippen LogP) is 4.06. The highest BCUT2D eigenvalue weighted by atomic mass is 14.9. The average Bonchev–Trinajstić information content (AvgIpc) is 2.35. The topological polar surface area (TPSA) is 12.0 Å². The summed E-state index contributed by atoms with van der Waals surface area (Å²) in [4.78, 5) is 0. The third-order valence-electron chi connectivity index (χ3n) is 3.88. The van der Waals surface area contributed by atoms with Gasteiger partial charge in [0.25, 0.3) is 0 Å². The molecule has 0 spiro atoms. The quantitative estimate of drug-likeness (QED) is 0.781. The standard InChI is InChI=1S/C16H27N/c1-6-13(4)15(16(17-5)12(2)3)14-10-8-7-9-11-14/h7-13,15-17H,6H2,1-5H3. The lowest BCUT2D eigenvalue weighted by Gasteiger charge is -2.34. The van der Waals surface area contributed by atoms with E-state index in [4.69, 9.17) is 0 Å². The van der Waals surface area contributed by atoms with Gasteiger partial charge in [-0.15, -0.1) is 0 Å². The van der Waals surface area contributed by atoms with Gasteiger partial charge in [0.15, 0.2) is 0 Å². The minimum atomic E-state index is 0.548. The van der Waals surface area contributed by atoms with Crippen LogP contribution in [0, 0.1) is 11.8 Å². The Morgan fingerprint density at radius 3 is 2.06 bits per heavy atom. The largest absolute Gasteiger partial charge is 0.316 e. The lowest BCUT2D eigenvalue weighted by atomic mass is 9.76. The van der Waals surface area contributed by atoms with Gasteiger partial charge < -0.3 is 5.32 Å². The number of likely N-dealkylation sites (N-methyl/N-ethyl adjacent to an activating group) is 1. The molecule has 0 aliphatic heterocycles. The SMILES string of the molecule is CCC(C)C(c1ccccc1)C(NC)C(C)C. The Morgan fingerprint density at radius 2 is 1.65 bits per heavy atom. The van der Waals surface area contributed by atoms with Crippen LogP contribution in [0.1, 0.15) is 45.6 Å². The molecule has 1 rings (SSSR count).